The number of rotatable bonds is 9. The van der Waals surface area contributed by atoms with Crippen LogP contribution in [0.2, 0.25) is 0 Å². The highest BCUT2D eigenvalue weighted by Gasteiger charge is 2.31. The Bertz CT molecular complexity index is 1540. The first-order valence-electron chi connectivity index (χ1n) is 13.5. The summed E-state index contributed by atoms with van der Waals surface area (Å²) in [7, 11) is 0. The number of nitrogens with one attached hydrogen (secondary N) is 2. The third-order valence-corrected chi connectivity index (χ3v) is 7.81. The average molecular weight is 541 g/mol. The van der Waals surface area contributed by atoms with Crippen molar-refractivity contribution in [1.82, 2.24) is 0 Å². The van der Waals surface area contributed by atoms with E-state index in [0.29, 0.717) is 41.7 Å². The predicted octanol–water partition coefficient (Wildman–Crippen LogP) is 7.13. The molecule has 2 atom stereocenters. The molecule has 3 aromatic rings. The van der Waals surface area contributed by atoms with Crippen LogP contribution in [-0.4, -0.2) is 35.7 Å². The molecule has 0 fully saturated rings. The summed E-state index contributed by atoms with van der Waals surface area (Å²) >= 11 is 0. The van der Waals surface area contributed by atoms with Crippen molar-refractivity contribution in [3.05, 3.63) is 93.8 Å². The predicted molar refractivity (Wildman–Crippen MR) is 154 cm³/mol. The number of aliphatic carboxylic acids is 1. The van der Waals surface area contributed by atoms with Crippen LogP contribution in [0.1, 0.15) is 65.0 Å². The molecule has 2 unspecified atom stereocenters. The first-order valence-corrected chi connectivity index (χ1v) is 13.5. The van der Waals surface area contributed by atoms with Crippen molar-refractivity contribution in [3.63, 3.8) is 0 Å². The summed E-state index contributed by atoms with van der Waals surface area (Å²) in [6.07, 6.45) is 4.80. The van der Waals surface area contributed by atoms with Crippen LogP contribution >= 0.6 is 0 Å². The van der Waals surface area contributed by atoms with E-state index in [1.165, 1.54) is 0 Å². The lowest BCUT2D eigenvalue weighted by molar-refractivity contribution is -0.137. The number of hydrogen-bond acceptors (Lipinski definition) is 5. The number of benzene rings is 3. The van der Waals surface area contributed by atoms with Gasteiger partial charge in [-0.05, 0) is 109 Å². The summed E-state index contributed by atoms with van der Waals surface area (Å²) in [5.41, 5.74) is 8.25. The van der Waals surface area contributed by atoms with Gasteiger partial charge in [-0.15, -0.1) is 0 Å². The first-order chi connectivity index (χ1) is 19.1. The highest BCUT2D eigenvalue weighted by Crippen LogP contribution is 2.43. The molecule has 1 aliphatic heterocycles. The van der Waals surface area contributed by atoms with Crippen molar-refractivity contribution in [2.75, 3.05) is 13.2 Å². The molecule has 1 heterocycles. The van der Waals surface area contributed by atoms with Gasteiger partial charge in [0.1, 0.15) is 17.3 Å². The number of hydrogen-bond donors (Lipinski definition) is 3. The van der Waals surface area contributed by atoms with Crippen molar-refractivity contribution in [1.29, 1.82) is 10.8 Å². The molecular weight excluding hydrogens is 507 g/mol. The lowest BCUT2D eigenvalue weighted by atomic mass is 9.88. The van der Waals surface area contributed by atoms with Crippen LogP contribution in [0.4, 0.5) is 4.39 Å². The molecule has 0 aromatic heterocycles. The fourth-order valence-corrected chi connectivity index (χ4v) is 5.98. The summed E-state index contributed by atoms with van der Waals surface area (Å²) in [6, 6.07) is 12.9. The third kappa shape index (κ3) is 5.41. The lowest BCUT2D eigenvalue weighted by Gasteiger charge is -2.18. The minimum absolute atomic E-state index is 0.0271. The van der Waals surface area contributed by atoms with Crippen molar-refractivity contribution in [2.24, 2.45) is 0 Å². The summed E-state index contributed by atoms with van der Waals surface area (Å²) in [5, 5.41) is 25.1. The van der Waals surface area contributed by atoms with Crippen LogP contribution in [0.15, 0.2) is 54.6 Å². The fourth-order valence-electron chi connectivity index (χ4n) is 5.98. The van der Waals surface area contributed by atoms with Gasteiger partial charge in [-0.25, -0.2) is 4.39 Å². The lowest BCUT2D eigenvalue weighted by Crippen LogP contribution is -2.09. The van der Waals surface area contributed by atoms with Crippen LogP contribution in [0.5, 0.6) is 11.5 Å². The largest absolute Gasteiger partial charge is 0.493 e. The van der Waals surface area contributed by atoms with Gasteiger partial charge < -0.3 is 25.4 Å². The molecule has 0 bridgehead atoms. The van der Waals surface area contributed by atoms with Gasteiger partial charge in [-0.2, -0.15) is 0 Å². The second-order valence-electron chi connectivity index (χ2n) is 10.8. The van der Waals surface area contributed by atoms with E-state index in [-0.39, 0.29) is 24.1 Å². The molecule has 1 aliphatic carbocycles. The van der Waals surface area contributed by atoms with Crippen molar-refractivity contribution >= 4 is 17.4 Å². The Hall–Kier alpha value is -4.26. The normalized spacial score (nSPS) is 17.4. The van der Waals surface area contributed by atoms with E-state index in [1.807, 2.05) is 44.2 Å². The SMILES string of the molecule is CC(=N)C=CC(=N)c1cc(C)c(-c2ccc(F)c3c2CCC3COc2ccc3c(c2)OCC3CC(=O)O)c(C)c1. The maximum atomic E-state index is 15.2. The Balaban J connectivity index is 1.37. The van der Waals surface area contributed by atoms with Gasteiger partial charge in [0.2, 0.25) is 0 Å². The number of aryl methyl sites for hydroxylation is 2. The minimum atomic E-state index is -0.852. The van der Waals surface area contributed by atoms with Crippen molar-refractivity contribution < 1.29 is 23.8 Å². The minimum Gasteiger partial charge on any atom is -0.493 e. The molecule has 0 radical (unpaired) electrons. The summed E-state index contributed by atoms with van der Waals surface area (Å²) in [6.45, 7) is 6.39. The summed E-state index contributed by atoms with van der Waals surface area (Å²) in [4.78, 5) is 11.1. The number of carboxylic acid groups (broad SMARTS) is 1. The monoisotopic (exact) mass is 540 g/mol. The number of allylic oxidation sites excluding steroid dienone is 2. The van der Waals surface area contributed by atoms with Crippen LogP contribution in [0, 0.1) is 30.5 Å². The van der Waals surface area contributed by atoms with Gasteiger partial charge in [0.05, 0.1) is 25.3 Å². The second kappa shape index (κ2) is 11.1. The molecule has 3 N–H and O–H groups in total. The molecule has 0 spiro atoms. The van der Waals surface area contributed by atoms with Crippen LogP contribution < -0.4 is 9.47 Å². The van der Waals surface area contributed by atoms with Gasteiger partial charge in [0.25, 0.3) is 0 Å². The standard InChI is InChI=1S/C33H33FN2O4/c1-18-12-22(29(36)11-4-20(3)35)13-19(2)32(18)26-9-10-28(34)33-21(5-7-27(26)33)16-39-24-6-8-25-23(14-31(37)38)17-40-30(25)15-24/h4,6,8-13,15,21,23,35-36H,5,7,14,16-17H2,1-3H3,(H,37,38). The molecular formula is C33H33FN2O4. The van der Waals surface area contributed by atoms with E-state index < -0.39 is 5.97 Å². The van der Waals surface area contributed by atoms with E-state index in [1.54, 1.807) is 31.2 Å². The van der Waals surface area contributed by atoms with Crippen LogP contribution in [0.3, 0.4) is 0 Å². The van der Waals surface area contributed by atoms with Crippen LogP contribution in [0.25, 0.3) is 11.1 Å². The molecule has 40 heavy (non-hydrogen) atoms. The molecule has 7 heteroatoms. The molecule has 6 nitrogen and oxygen atoms in total. The molecule has 206 valence electrons. The molecule has 3 aromatic carbocycles. The summed E-state index contributed by atoms with van der Waals surface area (Å²) < 4.78 is 27.0. The number of carboxylic acids is 1. The van der Waals surface area contributed by atoms with Crippen molar-refractivity contribution in [2.45, 2.75) is 51.9 Å². The number of ether oxygens (including phenoxy) is 2. The van der Waals surface area contributed by atoms with E-state index in [9.17, 15) is 4.79 Å². The van der Waals surface area contributed by atoms with E-state index in [0.717, 1.165) is 51.8 Å². The smallest absolute Gasteiger partial charge is 0.304 e. The Morgan fingerprint density at radius 1 is 1.10 bits per heavy atom. The van der Waals surface area contributed by atoms with Gasteiger partial charge >= 0.3 is 5.97 Å². The van der Waals surface area contributed by atoms with E-state index in [2.05, 4.69) is 0 Å². The Labute approximate surface area is 233 Å². The molecule has 5 rings (SSSR count). The Morgan fingerprint density at radius 3 is 2.55 bits per heavy atom. The number of halogens is 1. The quantitative estimate of drug-likeness (QED) is 0.251. The molecule has 2 aliphatic rings. The van der Waals surface area contributed by atoms with E-state index >= 15 is 4.39 Å². The molecule has 0 saturated carbocycles. The van der Waals surface area contributed by atoms with Crippen molar-refractivity contribution in [3.8, 4) is 22.6 Å². The van der Waals surface area contributed by atoms with Gasteiger partial charge in [0, 0.05) is 29.2 Å². The number of carbonyl (C=O) groups is 1. The van der Waals surface area contributed by atoms with Gasteiger partial charge in [-0.3, -0.25) is 4.79 Å². The Morgan fingerprint density at radius 2 is 1.85 bits per heavy atom. The maximum Gasteiger partial charge on any atom is 0.304 e. The van der Waals surface area contributed by atoms with Crippen LogP contribution in [-0.2, 0) is 11.2 Å². The highest BCUT2D eigenvalue weighted by molar-refractivity contribution is 6.10. The topological polar surface area (TPSA) is 103 Å². The zero-order chi connectivity index (χ0) is 28.6. The molecule has 0 saturated heterocycles. The zero-order valence-electron chi connectivity index (χ0n) is 22.9. The van der Waals surface area contributed by atoms with E-state index in [4.69, 9.17) is 25.4 Å². The average Bonchev–Trinajstić information content (AvgIpc) is 3.51. The maximum absolute atomic E-state index is 15.2. The molecule has 0 amide bonds. The van der Waals surface area contributed by atoms with Gasteiger partial charge in [-0.1, -0.05) is 12.1 Å². The first kappa shape index (κ1) is 27.3. The highest BCUT2D eigenvalue weighted by atomic mass is 19.1. The number of fused-ring (bicyclic) bond motifs is 2. The Kier molecular flexibility index (Phi) is 7.57. The second-order valence-corrected chi connectivity index (χ2v) is 10.8. The zero-order valence-corrected chi connectivity index (χ0v) is 22.9. The van der Waals surface area contributed by atoms with Gasteiger partial charge in [0.15, 0.2) is 0 Å². The summed E-state index contributed by atoms with van der Waals surface area (Å²) in [5.74, 6) is -0.0578. The fraction of sp³-hybridized carbons (Fsp3) is 0.303. The third-order valence-electron chi connectivity index (χ3n) is 7.81.